The maximum absolute atomic E-state index is 14.7. The van der Waals surface area contributed by atoms with E-state index in [-0.39, 0.29) is 42.0 Å². The lowest BCUT2D eigenvalue weighted by atomic mass is 9.73. The summed E-state index contributed by atoms with van der Waals surface area (Å²) in [6, 6.07) is 7.87. The third-order valence-corrected chi connectivity index (χ3v) is 10.8. The van der Waals surface area contributed by atoms with E-state index < -0.39 is 36.8 Å². The maximum Gasteiger partial charge on any atom is 0.278 e. The first kappa shape index (κ1) is 26.2. The molecule has 12 heteroatoms. The van der Waals surface area contributed by atoms with E-state index in [0.29, 0.717) is 26.2 Å². The molecular weight excluding hydrogens is 495 g/mol. The van der Waals surface area contributed by atoms with Crippen molar-refractivity contribution in [2.75, 3.05) is 66.3 Å². The first-order valence-electron chi connectivity index (χ1n) is 12.0. The first-order valence-corrected chi connectivity index (χ1v) is 15.5. The van der Waals surface area contributed by atoms with Crippen LogP contribution in [0.3, 0.4) is 0 Å². The summed E-state index contributed by atoms with van der Waals surface area (Å²) in [7, 11) is -7.20. The number of hydrogen-bond acceptors (Lipinski definition) is 8. The summed E-state index contributed by atoms with van der Waals surface area (Å²) in [6.07, 6.45) is 0.852. The van der Waals surface area contributed by atoms with Gasteiger partial charge >= 0.3 is 0 Å². The van der Waals surface area contributed by atoms with Crippen LogP contribution in [0.5, 0.6) is 0 Å². The van der Waals surface area contributed by atoms with Gasteiger partial charge in [-0.15, -0.1) is 0 Å². The highest BCUT2D eigenvalue weighted by Crippen LogP contribution is 2.43. The van der Waals surface area contributed by atoms with Crippen molar-refractivity contribution in [3.05, 3.63) is 24.3 Å². The van der Waals surface area contributed by atoms with E-state index in [0.717, 1.165) is 17.8 Å². The lowest BCUT2D eigenvalue weighted by Crippen LogP contribution is -2.54. The molecule has 4 fully saturated rings. The van der Waals surface area contributed by atoms with Crippen LogP contribution in [0.4, 0.5) is 15.8 Å². The van der Waals surface area contributed by atoms with Gasteiger partial charge in [0.25, 0.3) is 11.4 Å². The molecule has 4 aliphatic rings. The standard InChI is InChI=1S/C23H35FN4O5S2/c1-23(2)13-17-14-27(22(29)21(24)35(32,33)10-7-25)16-20(23)28(15-17)19-5-3-18(4-6-19)26-8-11-34(30,31)12-9-26/h3-6,17,20-21H,7-16,25H2,1-2H3/t17-,20-,21?/m1/s1. The number of rotatable bonds is 6. The molecule has 35 heavy (non-hydrogen) atoms. The average molecular weight is 531 g/mol. The first-order chi connectivity index (χ1) is 16.3. The van der Waals surface area contributed by atoms with Crippen molar-refractivity contribution >= 4 is 37.0 Å². The minimum absolute atomic E-state index is 0.0732. The van der Waals surface area contributed by atoms with Crippen molar-refractivity contribution in [1.29, 1.82) is 0 Å². The number of piperidine rings is 1. The van der Waals surface area contributed by atoms with E-state index in [1.807, 2.05) is 24.3 Å². The summed E-state index contributed by atoms with van der Waals surface area (Å²) in [5, 5.41) is 0. The molecule has 196 valence electrons. The fraction of sp³-hybridized carbons (Fsp3) is 0.696. The minimum Gasteiger partial charge on any atom is -0.369 e. The second-order valence-electron chi connectivity index (χ2n) is 10.6. The van der Waals surface area contributed by atoms with Crippen LogP contribution in [0.25, 0.3) is 0 Å². The molecule has 0 aliphatic carbocycles. The number of alkyl halides is 1. The molecule has 4 saturated heterocycles. The van der Waals surface area contributed by atoms with Gasteiger partial charge in [-0.05, 0) is 42.0 Å². The maximum atomic E-state index is 14.7. The van der Waals surface area contributed by atoms with Crippen LogP contribution >= 0.6 is 0 Å². The Labute approximate surface area is 207 Å². The number of nitrogens with zero attached hydrogens (tertiary/aromatic N) is 3. The van der Waals surface area contributed by atoms with E-state index in [1.165, 1.54) is 4.90 Å². The van der Waals surface area contributed by atoms with Gasteiger partial charge in [0, 0.05) is 50.6 Å². The van der Waals surface area contributed by atoms with Crippen LogP contribution in [0, 0.1) is 11.3 Å². The van der Waals surface area contributed by atoms with Gasteiger partial charge in [-0.3, -0.25) is 4.79 Å². The molecule has 0 aromatic heterocycles. The zero-order chi connectivity index (χ0) is 25.6. The van der Waals surface area contributed by atoms with Gasteiger partial charge in [0.2, 0.25) is 0 Å². The van der Waals surface area contributed by atoms with Gasteiger partial charge in [-0.25, -0.2) is 21.2 Å². The van der Waals surface area contributed by atoms with Gasteiger partial charge in [0.15, 0.2) is 19.7 Å². The molecule has 0 spiro atoms. The van der Waals surface area contributed by atoms with Crippen LogP contribution in [0.15, 0.2) is 24.3 Å². The number of sulfone groups is 2. The largest absolute Gasteiger partial charge is 0.369 e. The van der Waals surface area contributed by atoms with E-state index >= 15 is 0 Å². The topological polar surface area (TPSA) is 121 Å². The number of amides is 1. The van der Waals surface area contributed by atoms with Gasteiger partial charge in [-0.2, -0.15) is 0 Å². The molecule has 1 aromatic carbocycles. The summed E-state index contributed by atoms with van der Waals surface area (Å²) >= 11 is 0. The molecule has 3 atom stereocenters. The monoisotopic (exact) mass is 530 g/mol. The fourth-order valence-corrected chi connectivity index (χ4v) is 7.88. The van der Waals surface area contributed by atoms with Gasteiger partial charge in [-0.1, -0.05) is 13.8 Å². The Hall–Kier alpha value is -1.92. The third kappa shape index (κ3) is 5.43. The number of anilines is 2. The quantitative estimate of drug-likeness (QED) is 0.569. The van der Waals surface area contributed by atoms with Gasteiger partial charge in [0.05, 0.1) is 23.3 Å². The highest BCUT2D eigenvalue weighted by Gasteiger charge is 2.48. The van der Waals surface area contributed by atoms with Crippen LogP contribution in [0.1, 0.15) is 20.3 Å². The number of carbonyl (C=O) groups is 1. The van der Waals surface area contributed by atoms with E-state index in [4.69, 9.17) is 5.73 Å². The Morgan fingerprint density at radius 2 is 1.71 bits per heavy atom. The molecule has 4 heterocycles. The molecule has 5 rings (SSSR count). The molecule has 9 nitrogen and oxygen atoms in total. The molecule has 0 saturated carbocycles. The summed E-state index contributed by atoms with van der Waals surface area (Å²) in [6.45, 7) is 6.21. The van der Waals surface area contributed by atoms with Crippen LogP contribution < -0.4 is 15.5 Å². The molecule has 1 amide bonds. The van der Waals surface area contributed by atoms with Crippen molar-refractivity contribution in [1.82, 2.24) is 4.90 Å². The molecule has 2 N–H and O–H groups in total. The number of fused-ring (bicyclic) bond motifs is 4. The van der Waals surface area contributed by atoms with Crippen molar-refractivity contribution in [2.45, 2.75) is 31.8 Å². The minimum atomic E-state index is -4.24. The zero-order valence-electron chi connectivity index (χ0n) is 20.3. The second-order valence-corrected chi connectivity index (χ2v) is 15.0. The molecule has 2 bridgehead atoms. The smallest absolute Gasteiger partial charge is 0.278 e. The molecule has 1 unspecified atom stereocenters. The lowest BCUT2D eigenvalue weighted by Gasteiger charge is -2.48. The van der Waals surface area contributed by atoms with Crippen molar-refractivity contribution in [3.63, 3.8) is 0 Å². The zero-order valence-corrected chi connectivity index (χ0v) is 21.9. The Balaban J connectivity index is 1.53. The molecular formula is C23H35FN4O5S2. The van der Waals surface area contributed by atoms with E-state index in [1.54, 1.807) is 0 Å². The number of halogens is 1. The van der Waals surface area contributed by atoms with Crippen molar-refractivity contribution < 1.29 is 26.0 Å². The van der Waals surface area contributed by atoms with Crippen molar-refractivity contribution in [3.8, 4) is 0 Å². The molecule has 0 radical (unpaired) electrons. The Bertz CT molecular complexity index is 1140. The van der Waals surface area contributed by atoms with E-state index in [2.05, 4.69) is 23.6 Å². The number of carbonyl (C=O) groups excluding carboxylic acids is 1. The van der Waals surface area contributed by atoms with Crippen molar-refractivity contribution in [2.24, 2.45) is 17.1 Å². The summed E-state index contributed by atoms with van der Waals surface area (Å²) < 4.78 is 62.5. The Kier molecular flexibility index (Phi) is 7.11. The predicted molar refractivity (Wildman–Crippen MR) is 135 cm³/mol. The number of hydrogen-bond donors (Lipinski definition) is 1. The normalized spacial score (nSPS) is 26.9. The average Bonchev–Trinajstić information content (AvgIpc) is 3.05. The van der Waals surface area contributed by atoms with Crippen LogP contribution in [-0.4, -0.2) is 95.7 Å². The highest BCUT2D eigenvalue weighted by atomic mass is 32.2. The number of nitrogens with two attached hydrogens (primary N) is 1. The number of benzene rings is 1. The fourth-order valence-electron chi connectivity index (χ4n) is 5.69. The second kappa shape index (κ2) is 9.51. The summed E-state index contributed by atoms with van der Waals surface area (Å²) in [5.41, 5.74) is 4.47. The van der Waals surface area contributed by atoms with Crippen LogP contribution in [-0.2, 0) is 24.5 Å². The lowest BCUT2D eigenvalue weighted by molar-refractivity contribution is -0.133. The third-order valence-electron chi connectivity index (χ3n) is 7.53. The van der Waals surface area contributed by atoms with Gasteiger partial charge < -0.3 is 20.4 Å². The predicted octanol–water partition coefficient (Wildman–Crippen LogP) is 0.654. The highest BCUT2D eigenvalue weighted by molar-refractivity contribution is 7.92. The van der Waals surface area contributed by atoms with Gasteiger partial charge in [0.1, 0.15) is 0 Å². The molecule has 1 aromatic rings. The SMILES string of the molecule is CC1(C)C[C@@H]2CN(C(=O)C(F)S(=O)(=O)CCN)C[C@H]1N(c1ccc(N3CCS(=O)(=O)CC3)cc1)C2. The van der Waals surface area contributed by atoms with E-state index in [9.17, 15) is 26.0 Å². The Morgan fingerprint density at radius 3 is 2.31 bits per heavy atom. The molecule has 4 aliphatic heterocycles. The van der Waals surface area contributed by atoms with Crippen LogP contribution in [0.2, 0.25) is 0 Å². The Morgan fingerprint density at radius 1 is 1.11 bits per heavy atom. The summed E-state index contributed by atoms with van der Waals surface area (Å²) in [5.74, 6) is -1.18. The summed E-state index contributed by atoms with van der Waals surface area (Å²) in [4.78, 5) is 18.6.